The van der Waals surface area contributed by atoms with Gasteiger partial charge in [-0.1, -0.05) is 0 Å². The Balaban J connectivity index is 2.20. The SMILES string of the molecule is Cc1cc(I)ccc1NC(=O)Cn1cccc(C(F)(F)F)c1=O. The van der Waals surface area contributed by atoms with E-state index >= 15 is 0 Å². The summed E-state index contributed by atoms with van der Waals surface area (Å²) in [5.74, 6) is -0.573. The molecule has 8 heteroatoms. The van der Waals surface area contributed by atoms with Crippen molar-refractivity contribution < 1.29 is 18.0 Å². The van der Waals surface area contributed by atoms with Crippen molar-refractivity contribution in [3.05, 3.63) is 61.6 Å². The van der Waals surface area contributed by atoms with Gasteiger partial charge >= 0.3 is 6.18 Å². The summed E-state index contributed by atoms with van der Waals surface area (Å²) < 4.78 is 39.8. The molecule has 122 valence electrons. The lowest BCUT2D eigenvalue weighted by atomic mass is 10.2. The number of hydrogen-bond donors (Lipinski definition) is 1. The zero-order valence-electron chi connectivity index (χ0n) is 11.9. The number of benzene rings is 1. The first-order chi connectivity index (χ1) is 10.7. The second-order valence-electron chi connectivity index (χ2n) is 4.86. The maximum Gasteiger partial charge on any atom is 0.421 e. The molecule has 0 saturated carbocycles. The van der Waals surface area contributed by atoms with Gasteiger partial charge in [0, 0.05) is 15.5 Å². The van der Waals surface area contributed by atoms with Crippen molar-refractivity contribution in [1.82, 2.24) is 4.57 Å². The van der Waals surface area contributed by atoms with Gasteiger partial charge in [0.15, 0.2) is 0 Å². The third kappa shape index (κ3) is 4.34. The van der Waals surface area contributed by atoms with Crippen LogP contribution in [0.2, 0.25) is 0 Å². The lowest BCUT2D eigenvalue weighted by Gasteiger charge is -2.12. The van der Waals surface area contributed by atoms with Gasteiger partial charge in [-0.25, -0.2) is 0 Å². The quantitative estimate of drug-likeness (QED) is 0.751. The van der Waals surface area contributed by atoms with Crippen LogP contribution in [0, 0.1) is 10.5 Å². The Hall–Kier alpha value is -1.84. The molecule has 1 aromatic carbocycles. The molecule has 1 amide bonds. The minimum absolute atomic E-state index is 0.492. The Morgan fingerprint density at radius 3 is 2.61 bits per heavy atom. The fraction of sp³-hybridized carbons (Fsp3) is 0.200. The number of pyridine rings is 1. The number of carbonyl (C=O) groups is 1. The molecule has 0 bridgehead atoms. The van der Waals surface area contributed by atoms with Gasteiger partial charge in [-0.3, -0.25) is 9.59 Å². The lowest BCUT2D eigenvalue weighted by Crippen LogP contribution is -2.32. The number of rotatable bonds is 3. The molecular formula is C15H12F3IN2O2. The molecule has 4 nitrogen and oxygen atoms in total. The van der Waals surface area contributed by atoms with E-state index in [0.717, 1.165) is 26.0 Å². The Morgan fingerprint density at radius 2 is 2.00 bits per heavy atom. The molecule has 0 fully saturated rings. The van der Waals surface area contributed by atoms with Crippen molar-refractivity contribution in [3.8, 4) is 0 Å². The summed E-state index contributed by atoms with van der Waals surface area (Å²) in [4.78, 5) is 23.8. The number of hydrogen-bond acceptors (Lipinski definition) is 2. The zero-order valence-corrected chi connectivity index (χ0v) is 14.1. The Bertz CT molecular complexity index is 800. The minimum Gasteiger partial charge on any atom is -0.324 e. The highest BCUT2D eigenvalue weighted by molar-refractivity contribution is 14.1. The molecule has 0 unspecified atom stereocenters. The van der Waals surface area contributed by atoms with Crippen LogP contribution in [0.3, 0.4) is 0 Å². The zero-order chi connectivity index (χ0) is 17.2. The standard InChI is InChI=1S/C15H12F3IN2O2/c1-9-7-10(19)4-5-12(9)20-13(22)8-21-6-2-3-11(14(21)23)15(16,17)18/h2-7H,8H2,1H3,(H,20,22). The molecule has 1 N–H and O–H groups in total. The molecule has 0 aliphatic rings. The number of aryl methyl sites for hydroxylation is 1. The molecule has 0 atom stereocenters. The van der Waals surface area contributed by atoms with Crippen LogP contribution in [0.4, 0.5) is 18.9 Å². The fourth-order valence-corrected chi connectivity index (χ4v) is 2.64. The summed E-state index contributed by atoms with van der Waals surface area (Å²) in [6.45, 7) is 1.31. The minimum atomic E-state index is -4.75. The first kappa shape index (κ1) is 17.5. The molecule has 2 aromatic rings. The number of carbonyl (C=O) groups excluding carboxylic acids is 1. The van der Waals surface area contributed by atoms with E-state index in [2.05, 4.69) is 27.9 Å². The number of halogens is 4. The maximum absolute atomic E-state index is 12.7. The Kier molecular flexibility index (Phi) is 5.12. The van der Waals surface area contributed by atoms with Crippen LogP contribution in [0.1, 0.15) is 11.1 Å². The number of nitrogens with zero attached hydrogens (tertiary/aromatic N) is 1. The average molecular weight is 436 g/mol. The van der Waals surface area contributed by atoms with Crippen LogP contribution in [0.25, 0.3) is 0 Å². The van der Waals surface area contributed by atoms with Crippen molar-refractivity contribution in [2.24, 2.45) is 0 Å². The highest BCUT2D eigenvalue weighted by Crippen LogP contribution is 2.26. The van der Waals surface area contributed by atoms with Crippen molar-refractivity contribution in [1.29, 1.82) is 0 Å². The van der Waals surface area contributed by atoms with Gasteiger partial charge in [-0.15, -0.1) is 0 Å². The van der Waals surface area contributed by atoms with Gasteiger partial charge in [0.05, 0.1) is 0 Å². The number of amides is 1. The lowest BCUT2D eigenvalue weighted by molar-refractivity contribution is -0.139. The molecule has 0 aliphatic heterocycles. The predicted molar refractivity (Wildman–Crippen MR) is 88.2 cm³/mol. The normalized spacial score (nSPS) is 11.3. The van der Waals surface area contributed by atoms with Crippen LogP contribution < -0.4 is 10.9 Å². The summed E-state index contributed by atoms with van der Waals surface area (Å²) in [5, 5.41) is 2.59. The van der Waals surface area contributed by atoms with Crippen molar-refractivity contribution in [2.45, 2.75) is 19.6 Å². The van der Waals surface area contributed by atoms with E-state index in [1.165, 1.54) is 0 Å². The van der Waals surface area contributed by atoms with Gasteiger partial charge in [0.25, 0.3) is 5.56 Å². The van der Waals surface area contributed by atoms with Crippen LogP contribution in [-0.2, 0) is 17.5 Å². The number of anilines is 1. The van der Waals surface area contributed by atoms with E-state index in [4.69, 9.17) is 0 Å². The smallest absolute Gasteiger partial charge is 0.324 e. The Labute approximate surface area is 143 Å². The van der Waals surface area contributed by atoms with Crippen LogP contribution in [-0.4, -0.2) is 10.5 Å². The highest BCUT2D eigenvalue weighted by Gasteiger charge is 2.34. The van der Waals surface area contributed by atoms with Gasteiger partial charge in [0.1, 0.15) is 12.1 Å². The molecule has 0 spiro atoms. The first-order valence-electron chi connectivity index (χ1n) is 6.51. The highest BCUT2D eigenvalue weighted by atomic mass is 127. The molecule has 1 aromatic heterocycles. The summed E-state index contributed by atoms with van der Waals surface area (Å²) >= 11 is 2.13. The molecular weight excluding hydrogens is 424 g/mol. The molecule has 1 heterocycles. The van der Waals surface area contributed by atoms with Crippen molar-refractivity contribution in [3.63, 3.8) is 0 Å². The predicted octanol–water partition coefficient (Wildman–Crippen LogP) is 3.42. The van der Waals surface area contributed by atoms with E-state index in [9.17, 15) is 22.8 Å². The maximum atomic E-state index is 12.7. The average Bonchev–Trinajstić information content (AvgIpc) is 2.43. The third-order valence-electron chi connectivity index (χ3n) is 3.10. The second kappa shape index (κ2) is 6.73. The number of alkyl halides is 3. The molecule has 0 saturated heterocycles. The Morgan fingerprint density at radius 1 is 1.30 bits per heavy atom. The number of aromatic nitrogens is 1. The summed E-state index contributed by atoms with van der Waals surface area (Å²) in [6.07, 6.45) is -3.60. The largest absolute Gasteiger partial charge is 0.421 e. The monoisotopic (exact) mass is 436 g/mol. The van der Waals surface area contributed by atoms with Crippen molar-refractivity contribution in [2.75, 3.05) is 5.32 Å². The topological polar surface area (TPSA) is 51.1 Å². The molecule has 0 aliphatic carbocycles. The van der Waals surface area contributed by atoms with E-state index in [1.54, 1.807) is 19.1 Å². The summed E-state index contributed by atoms with van der Waals surface area (Å²) in [7, 11) is 0. The molecule has 2 rings (SSSR count). The van der Waals surface area contributed by atoms with E-state index < -0.39 is 29.8 Å². The van der Waals surface area contributed by atoms with E-state index in [1.807, 2.05) is 6.07 Å². The van der Waals surface area contributed by atoms with E-state index in [0.29, 0.717) is 11.8 Å². The van der Waals surface area contributed by atoms with Crippen LogP contribution in [0.5, 0.6) is 0 Å². The molecule has 0 radical (unpaired) electrons. The second-order valence-corrected chi connectivity index (χ2v) is 6.11. The van der Waals surface area contributed by atoms with Crippen LogP contribution in [0.15, 0.2) is 41.3 Å². The molecule has 23 heavy (non-hydrogen) atoms. The van der Waals surface area contributed by atoms with Gasteiger partial charge in [0.2, 0.25) is 5.91 Å². The fourth-order valence-electron chi connectivity index (χ4n) is 1.99. The van der Waals surface area contributed by atoms with Gasteiger partial charge < -0.3 is 9.88 Å². The van der Waals surface area contributed by atoms with E-state index in [-0.39, 0.29) is 0 Å². The van der Waals surface area contributed by atoms with Gasteiger partial charge in [-0.05, 0) is 65.4 Å². The van der Waals surface area contributed by atoms with Crippen LogP contribution >= 0.6 is 22.6 Å². The van der Waals surface area contributed by atoms with Crippen molar-refractivity contribution >= 4 is 34.2 Å². The number of nitrogens with one attached hydrogen (secondary N) is 1. The summed E-state index contributed by atoms with van der Waals surface area (Å²) in [6, 6.07) is 7.13. The first-order valence-corrected chi connectivity index (χ1v) is 7.59. The third-order valence-corrected chi connectivity index (χ3v) is 3.77. The van der Waals surface area contributed by atoms with Gasteiger partial charge in [-0.2, -0.15) is 13.2 Å². The summed E-state index contributed by atoms with van der Waals surface area (Å²) in [5.41, 5.74) is -1.16.